The number of nitrogens with zero attached hydrogens (tertiary/aromatic N) is 2. The largest absolute Gasteiger partial charge is 0.309 e. The van der Waals surface area contributed by atoms with Gasteiger partial charge in [-0.25, -0.2) is 9.37 Å². The molecule has 3 aromatic rings. The van der Waals surface area contributed by atoms with E-state index in [9.17, 15) is 9.18 Å². The van der Waals surface area contributed by atoms with Gasteiger partial charge in [-0.1, -0.05) is 44.5 Å². The predicted molar refractivity (Wildman–Crippen MR) is 103 cm³/mol. The highest BCUT2D eigenvalue weighted by Gasteiger charge is 2.21. The maximum absolute atomic E-state index is 13.8. The van der Waals surface area contributed by atoms with Crippen molar-refractivity contribution in [3.05, 3.63) is 52.9 Å². The molecule has 136 valence electrons. The van der Waals surface area contributed by atoms with Gasteiger partial charge in [-0.05, 0) is 36.1 Å². The summed E-state index contributed by atoms with van der Waals surface area (Å²) in [6.45, 7) is 7.89. The van der Waals surface area contributed by atoms with Gasteiger partial charge in [-0.15, -0.1) is 0 Å². The van der Waals surface area contributed by atoms with Crippen LogP contribution < -0.4 is 5.32 Å². The molecule has 26 heavy (non-hydrogen) atoms. The Morgan fingerprint density at radius 3 is 2.65 bits per heavy atom. The van der Waals surface area contributed by atoms with Crippen LogP contribution in [-0.2, 0) is 4.79 Å². The molecule has 0 saturated carbocycles. The number of hydrogen-bond donors (Lipinski definition) is 1. The van der Waals surface area contributed by atoms with Gasteiger partial charge < -0.3 is 5.32 Å². The summed E-state index contributed by atoms with van der Waals surface area (Å²) in [6, 6.07) is 8.49. The van der Waals surface area contributed by atoms with Crippen LogP contribution >= 0.6 is 11.6 Å². The van der Waals surface area contributed by atoms with Crippen LogP contribution in [0.5, 0.6) is 0 Å². The van der Waals surface area contributed by atoms with Crippen molar-refractivity contribution in [2.45, 2.75) is 34.1 Å². The Morgan fingerprint density at radius 2 is 2.00 bits per heavy atom. The fourth-order valence-corrected chi connectivity index (χ4v) is 2.96. The number of anilines is 1. The molecule has 6 heteroatoms. The van der Waals surface area contributed by atoms with Crippen LogP contribution in [0.4, 0.5) is 10.2 Å². The van der Waals surface area contributed by atoms with Gasteiger partial charge in [0.05, 0.1) is 5.69 Å². The number of aromatic nitrogens is 2. The summed E-state index contributed by atoms with van der Waals surface area (Å²) in [5.41, 5.74) is 2.69. The van der Waals surface area contributed by atoms with Gasteiger partial charge in [-0.3, -0.25) is 9.20 Å². The molecule has 0 unspecified atom stereocenters. The number of nitrogens with one attached hydrogen (secondary N) is 1. The molecule has 0 aliphatic rings. The van der Waals surface area contributed by atoms with E-state index in [0.29, 0.717) is 28.6 Å². The Labute approximate surface area is 157 Å². The summed E-state index contributed by atoms with van der Waals surface area (Å²) >= 11 is 6.27. The van der Waals surface area contributed by atoms with E-state index in [0.717, 1.165) is 11.1 Å². The highest BCUT2D eigenvalue weighted by Crippen LogP contribution is 2.32. The van der Waals surface area contributed by atoms with E-state index in [1.165, 1.54) is 12.3 Å². The van der Waals surface area contributed by atoms with Crippen molar-refractivity contribution in [3.8, 4) is 11.3 Å². The lowest BCUT2D eigenvalue weighted by Crippen LogP contribution is -2.20. The fraction of sp³-hybridized carbons (Fsp3) is 0.300. The summed E-state index contributed by atoms with van der Waals surface area (Å²) < 4.78 is 15.4. The average Bonchev–Trinajstić information content (AvgIpc) is 2.85. The van der Waals surface area contributed by atoms with Crippen molar-refractivity contribution < 1.29 is 9.18 Å². The monoisotopic (exact) mass is 373 g/mol. The predicted octanol–water partition coefficient (Wildman–Crippen LogP) is 5.48. The second kappa shape index (κ2) is 6.72. The minimum Gasteiger partial charge on any atom is -0.309 e. The molecule has 0 fully saturated rings. The first-order valence-corrected chi connectivity index (χ1v) is 8.76. The Balaban J connectivity index is 2.13. The van der Waals surface area contributed by atoms with Gasteiger partial charge in [-0.2, -0.15) is 0 Å². The second-order valence-electron chi connectivity index (χ2n) is 7.63. The van der Waals surface area contributed by atoms with Crippen LogP contribution in [0, 0.1) is 18.2 Å². The summed E-state index contributed by atoms with van der Waals surface area (Å²) in [5.74, 6) is -0.132. The fourth-order valence-electron chi connectivity index (χ4n) is 2.78. The molecule has 4 nitrogen and oxygen atoms in total. The molecule has 0 bridgehead atoms. The lowest BCUT2D eigenvalue weighted by molar-refractivity contribution is -0.117. The molecule has 0 spiro atoms. The summed E-state index contributed by atoms with van der Waals surface area (Å²) in [5, 5.41) is 3.47. The van der Waals surface area contributed by atoms with E-state index in [4.69, 9.17) is 11.6 Å². The second-order valence-corrected chi connectivity index (χ2v) is 8.04. The van der Waals surface area contributed by atoms with Crippen LogP contribution in [0.25, 0.3) is 16.9 Å². The summed E-state index contributed by atoms with van der Waals surface area (Å²) in [7, 11) is 0. The number of halogens is 2. The molecule has 1 amide bonds. The van der Waals surface area contributed by atoms with Gasteiger partial charge in [0.2, 0.25) is 5.91 Å². The zero-order chi connectivity index (χ0) is 19.1. The standard InChI is InChI=1S/C20H21ClFN3O/c1-12-5-6-13(9-15(12)21)18-19(24-17(26)10-20(2,3)4)23-16-8-7-14(22)11-25(16)18/h5-9,11H,10H2,1-4H3,(H,24,26). The molecular formula is C20H21ClFN3O. The number of aryl methyl sites for hydroxylation is 1. The van der Waals surface area contributed by atoms with E-state index in [1.807, 2.05) is 39.8 Å². The van der Waals surface area contributed by atoms with Crippen molar-refractivity contribution in [1.82, 2.24) is 9.38 Å². The van der Waals surface area contributed by atoms with Gasteiger partial charge in [0.15, 0.2) is 5.82 Å². The van der Waals surface area contributed by atoms with E-state index >= 15 is 0 Å². The molecule has 0 radical (unpaired) electrons. The number of amides is 1. The Morgan fingerprint density at radius 1 is 1.27 bits per heavy atom. The first-order valence-electron chi connectivity index (χ1n) is 8.38. The minimum atomic E-state index is -0.387. The van der Waals surface area contributed by atoms with Crippen LogP contribution in [-0.4, -0.2) is 15.3 Å². The Bertz CT molecular complexity index is 989. The van der Waals surface area contributed by atoms with Gasteiger partial charge in [0, 0.05) is 23.2 Å². The van der Waals surface area contributed by atoms with Crippen LogP contribution in [0.1, 0.15) is 32.8 Å². The molecule has 2 aromatic heterocycles. The molecule has 0 atom stereocenters. The normalized spacial score (nSPS) is 11.8. The maximum Gasteiger partial charge on any atom is 0.226 e. The number of carbonyl (C=O) groups is 1. The number of pyridine rings is 1. The number of benzene rings is 1. The minimum absolute atomic E-state index is 0.138. The summed E-state index contributed by atoms with van der Waals surface area (Å²) in [6.07, 6.45) is 1.70. The molecule has 0 aliphatic carbocycles. The first kappa shape index (κ1) is 18.4. The molecule has 1 aromatic carbocycles. The molecule has 3 rings (SSSR count). The SMILES string of the molecule is Cc1ccc(-c2c(NC(=O)CC(C)(C)C)nc3ccc(F)cn23)cc1Cl. The quantitative estimate of drug-likeness (QED) is 0.661. The molecule has 1 N–H and O–H groups in total. The van der Waals surface area contributed by atoms with Crippen LogP contribution in [0.15, 0.2) is 36.5 Å². The average molecular weight is 374 g/mol. The van der Waals surface area contributed by atoms with Crippen molar-refractivity contribution in [2.75, 3.05) is 5.32 Å². The van der Waals surface area contributed by atoms with Crippen molar-refractivity contribution in [1.29, 1.82) is 0 Å². The Kier molecular flexibility index (Phi) is 4.76. The number of carbonyl (C=O) groups excluding carboxylic acids is 1. The highest BCUT2D eigenvalue weighted by molar-refractivity contribution is 6.31. The van der Waals surface area contributed by atoms with E-state index < -0.39 is 0 Å². The van der Waals surface area contributed by atoms with E-state index in [1.54, 1.807) is 16.5 Å². The summed E-state index contributed by atoms with van der Waals surface area (Å²) in [4.78, 5) is 16.9. The number of hydrogen-bond acceptors (Lipinski definition) is 2. The van der Waals surface area contributed by atoms with Crippen LogP contribution in [0.2, 0.25) is 5.02 Å². The van der Waals surface area contributed by atoms with Crippen molar-refractivity contribution >= 4 is 29.0 Å². The lowest BCUT2D eigenvalue weighted by Gasteiger charge is -2.17. The third kappa shape index (κ3) is 3.88. The molecular weight excluding hydrogens is 353 g/mol. The lowest BCUT2D eigenvalue weighted by atomic mass is 9.92. The number of fused-ring (bicyclic) bond motifs is 1. The van der Waals surface area contributed by atoms with Gasteiger partial charge >= 0.3 is 0 Å². The Hall–Kier alpha value is -2.40. The smallest absolute Gasteiger partial charge is 0.226 e. The molecule has 0 saturated heterocycles. The van der Waals surface area contributed by atoms with Crippen LogP contribution in [0.3, 0.4) is 0 Å². The maximum atomic E-state index is 13.8. The number of rotatable bonds is 3. The van der Waals surface area contributed by atoms with E-state index in [-0.39, 0.29) is 17.1 Å². The molecule has 0 aliphatic heterocycles. The topological polar surface area (TPSA) is 46.4 Å². The van der Waals surface area contributed by atoms with E-state index in [2.05, 4.69) is 10.3 Å². The zero-order valence-electron chi connectivity index (χ0n) is 15.2. The van der Waals surface area contributed by atoms with Gasteiger partial charge in [0.1, 0.15) is 11.5 Å². The molecule has 2 heterocycles. The van der Waals surface area contributed by atoms with Crippen molar-refractivity contribution in [3.63, 3.8) is 0 Å². The van der Waals surface area contributed by atoms with Crippen molar-refractivity contribution in [2.24, 2.45) is 5.41 Å². The highest BCUT2D eigenvalue weighted by atomic mass is 35.5. The first-order chi connectivity index (χ1) is 12.1. The zero-order valence-corrected chi connectivity index (χ0v) is 16.0. The third-order valence-electron chi connectivity index (χ3n) is 3.98. The third-order valence-corrected chi connectivity index (χ3v) is 4.38. The van der Waals surface area contributed by atoms with Gasteiger partial charge in [0.25, 0.3) is 0 Å². The number of imidazole rings is 1.